The highest BCUT2D eigenvalue weighted by atomic mass is 32.1. The molecule has 2 rings (SSSR count). The number of rotatable bonds is 4. The molecule has 18 heavy (non-hydrogen) atoms. The fraction of sp³-hybridized carbons (Fsp3) is 0.250. The SMILES string of the molecule is CC(Cc1ccsc1)NC(=O)c1ccc(N)nn1. The number of nitrogens with two attached hydrogens (primary N) is 1. The molecular weight excluding hydrogens is 248 g/mol. The first-order valence-electron chi connectivity index (χ1n) is 5.56. The Morgan fingerprint density at radius 1 is 1.44 bits per heavy atom. The number of hydrogen-bond donors (Lipinski definition) is 2. The highest BCUT2D eigenvalue weighted by molar-refractivity contribution is 7.07. The summed E-state index contributed by atoms with van der Waals surface area (Å²) in [5.74, 6) is 0.0723. The van der Waals surface area contributed by atoms with Crippen molar-refractivity contribution in [2.75, 3.05) is 5.73 Å². The largest absolute Gasteiger partial charge is 0.382 e. The lowest BCUT2D eigenvalue weighted by atomic mass is 10.1. The van der Waals surface area contributed by atoms with E-state index in [4.69, 9.17) is 5.73 Å². The normalized spacial score (nSPS) is 12.1. The fourth-order valence-corrected chi connectivity index (χ4v) is 2.26. The van der Waals surface area contributed by atoms with Gasteiger partial charge in [-0.15, -0.1) is 10.2 Å². The van der Waals surface area contributed by atoms with Crippen molar-refractivity contribution in [2.24, 2.45) is 0 Å². The van der Waals surface area contributed by atoms with E-state index in [1.54, 1.807) is 23.5 Å². The lowest BCUT2D eigenvalue weighted by Crippen LogP contribution is -2.34. The number of aromatic nitrogens is 2. The molecule has 3 N–H and O–H groups in total. The first-order chi connectivity index (χ1) is 8.65. The smallest absolute Gasteiger partial charge is 0.272 e. The monoisotopic (exact) mass is 262 g/mol. The fourth-order valence-electron chi connectivity index (χ4n) is 1.57. The van der Waals surface area contributed by atoms with E-state index in [0.717, 1.165) is 6.42 Å². The molecule has 2 heterocycles. The molecule has 2 aromatic rings. The van der Waals surface area contributed by atoms with Gasteiger partial charge in [-0.25, -0.2) is 0 Å². The number of nitrogens with zero attached hydrogens (tertiary/aromatic N) is 2. The molecule has 0 bridgehead atoms. The third-order valence-electron chi connectivity index (χ3n) is 2.42. The second-order valence-electron chi connectivity index (χ2n) is 4.05. The van der Waals surface area contributed by atoms with Gasteiger partial charge in [-0.3, -0.25) is 4.79 Å². The molecule has 94 valence electrons. The summed E-state index contributed by atoms with van der Waals surface area (Å²) in [6, 6.07) is 5.23. The van der Waals surface area contributed by atoms with Gasteiger partial charge < -0.3 is 11.1 Å². The van der Waals surface area contributed by atoms with Crippen LogP contribution in [-0.4, -0.2) is 22.1 Å². The van der Waals surface area contributed by atoms with Gasteiger partial charge in [-0.05, 0) is 47.9 Å². The van der Waals surface area contributed by atoms with Gasteiger partial charge in [0.15, 0.2) is 5.69 Å². The molecule has 0 aliphatic carbocycles. The van der Waals surface area contributed by atoms with Crippen molar-refractivity contribution in [3.05, 3.63) is 40.2 Å². The molecule has 0 aliphatic heterocycles. The van der Waals surface area contributed by atoms with Crippen LogP contribution in [0.15, 0.2) is 29.0 Å². The summed E-state index contributed by atoms with van der Waals surface area (Å²) in [5, 5.41) is 14.4. The first-order valence-corrected chi connectivity index (χ1v) is 6.50. The van der Waals surface area contributed by atoms with Gasteiger partial charge in [0.1, 0.15) is 5.82 Å². The summed E-state index contributed by atoms with van der Waals surface area (Å²) in [6.45, 7) is 1.96. The Labute approximate surface area is 109 Å². The number of nitrogen functional groups attached to an aromatic ring is 1. The average molecular weight is 262 g/mol. The second-order valence-corrected chi connectivity index (χ2v) is 4.83. The van der Waals surface area contributed by atoms with Crippen molar-refractivity contribution in [3.8, 4) is 0 Å². The number of carbonyl (C=O) groups excluding carboxylic acids is 1. The predicted octanol–water partition coefficient (Wildman–Crippen LogP) is 1.48. The Balaban J connectivity index is 1.92. The molecule has 1 atom stereocenters. The Bertz CT molecular complexity index is 509. The third kappa shape index (κ3) is 3.27. The van der Waals surface area contributed by atoms with E-state index in [0.29, 0.717) is 5.82 Å². The van der Waals surface area contributed by atoms with Crippen molar-refractivity contribution < 1.29 is 4.79 Å². The molecular formula is C12H14N4OS. The van der Waals surface area contributed by atoms with Gasteiger partial charge >= 0.3 is 0 Å². The minimum atomic E-state index is -0.231. The molecule has 0 saturated carbocycles. The van der Waals surface area contributed by atoms with E-state index in [2.05, 4.69) is 27.0 Å². The lowest BCUT2D eigenvalue weighted by molar-refractivity contribution is 0.0934. The predicted molar refractivity (Wildman–Crippen MR) is 71.4 cm³/mol. The summed E-state index contributed by atoms with van der Waals surface area (Å²) >= 11 is 1.65. The number of nitrogens with one attached hydrogen (secondary N) is 1. The Morgan fingerprint density at radius 3 is 2.89 bits per heavy atom. The molecule has 5 nitrogen and oxygen atoms in total. The Kier molecular flexibility index (Phi) is 3.88. The van der Waals surface area contributed by atoms with Gasteiger partial charge in [-0.2, -0.15) is 11.3 Å². The average Bonchev–Trinajstić information content (AvgIpc) is 2.82. The van der Waals surface area contributed by atoms with Gasteiger partial charge in [0.05, 0.1) is 0 Å². The van der Waals surface area contributed by atoms with E-state index in [1.165, 1.54) is 5.56 Å². The number of hydrogen-bond acceptors (Lipinski definition) is 5. The molecule has 2 aromatic heterocycles. The quantitative estimate of drug-likeness (QED) is 0.874. The molecule has 1 unspecified atom stereocenters. The summed E-state index contributed by atoms with van der Waals surface area (Å²) < 4.78 is 0. The van der Waals surface area contributed by atoms with Crippen LogP contribution in [0.2, 0.25) is 0 Å². The topological polar surface area (TPSA) is 80.9 Å². The second kappa shape index (κ2) is 5.59. The molecule has 0 spiro atoms. The summed E-state index contributed by atoms with van der Waals surface area (Å²) in [6.07, 6.45) is 0.803. The molecule has 0 aliphatic rings. The molecule has 1 amide bonds. The van der Waals surface area contributed by atoms with E-state index in [-0.39, 0.29) is 17.6 Å². The number of thiophene rings is 1. The highest BCUT2D eigenvalue weighted by Gasteiger charge is 2.12. The van der Waals surface area contributed by atoms with E-state index < -0.39 is 0 Å². The van der Waals surface area contributed by atoms with Crippen LogP contribution in [0.25, 0.3) is 0 Å². The minimum Gasteiger partial charge on any atom is -0.382 e. The van der Waals surface area contributed by atoms with E-state index in [1.807, 2.05) is 12.3 Å². The zero-order valence-corrected chi connectivity index (χ0v) is 10.8. The van der Waals surface area contributed by atoms with Crippen molar-refractivity contribution in [1.82, 2.24) is 15.5 Å². The Morgan fingerprint density at radius 2 is 2.28 bits per heavy atom. The zero-order valence-electron chi connectivity index (χ0n) is 9.96. The molecule has 6 heteroatoms. The van der Waals surface area contributed by atoms with Crippen LogP contribution in [0.4, 0.5) is 5.82 Å². The van der Waals surface area contributed by atoms with Crippen molar-refractivity contribution >= 4 is 23.1 Å². The Hall–Kier alpha value is -1.95. The van der Waals surface area contributed by atoms with Crippen molar-refractivity contribution in [2.45, 2.75) is 19.4 Å². The molecule has 0 radical (unpaired) electrons. The lowest BCUT2D eigenvalue weighted by Gasteiger charge is -2.12. The van der Waals surface area contributed by atoms with Gasteiger partial charge in [-0.1, -0.05) is 0 Å². The van der Waals surface area contributed by atoms with Crippen LogP contribution in [0.1, 0.15) is 23.0 Å². The standard InChI is InChI=1S/C12H14N4OS/c1-8(6-9-4-5-18-7-9)14-12(17)10-2-3-11(13)16-15-10/h2-5,7-8H,6H2,1H3,(H2,13,16)(H,14,17). The third-order valence-corrected chi connectivity index (χ3v) is 3.15. The van der Waals surface area contributed by atoms with Gasteiger partial charge in [0, 0.05) is 6.04 Å². The summed E-state index contributed by atoms with van der Waals surface area (Å²) in [7, 11) is 0. The molecule has 0 fully saturated rings. The summed E-state index contributed by atoms with van der Waals surface area (Å²) in [4.78, 5) is 11.8. The maximum atomic E-state index is 11.8. The van der Waals surface area contributed by atoms with Gasteiger partial charge in [0.25, 0.3) is 5.91 Å². The number of amides is 1. The number of carbonyl (C=O) groups is 1. The van der Waals surface area contributed by atoms with E-state index >= 15 is 0 Å². The van der Waals surface area contributed by atoms with Crippen LogP contribution in [0.5, 0.6) is 0 Å². The van der Waals surface area contributed by atoms with E-state index in [9.17, 15) is 4.79 Å². The first kappa shape index (κ1) is 12.5. The summed E-state index contributed by atoms with van der Waals surface area (Å²) in [5.41, 5.74) is 6.91. The number of anilines is 1. The van der Waals surface area contributed by atoms with Crippen LogP contribution >= 0.6 is 11.3 Å². The van der Waals surface area contributed by atoms with Gasteiger partial charge in [0.2, 0.25) is 0 Å². The van der Waals surface area contributed by atoms with Crippen LogP contribution in [0.3, 0.4) is 0 Å². The highest BCUT2D eigenvalue weighted by Crippen LogP contribution is 2.08. The van der Waals surface area contributed by atoms with Crippen molar-refractivity contribution in [1.29, 1.82) is 0 Å². The molecule has 0 saturated heterocycles. The molecule has 0 aromatic carbocycles. The maximum absolute atomic E-state index is 11.8. The van der Waals surface area contributed by atoms with Crippen LogP contribution < -0.4 is 11.1 Å². The zero-order chi connectivity index (χ0) is 13.0. The van der Waals surface area contributed by atoms with Crippen LogP contribution in [0, 0.1) is 0 Å². The van der Waals surface area contributed by atoms with Crippen molar-refractivity contribution in [3.63, 3.8) is 0 Å². The minimum absolute atomic E-state index is 0.0476. The maximum Gasteiger partial charge on any atom is 0.272 e. The van der Waals surface area contributed by atoms with Crippen LogP contribution in [-0.2, 0) is 6.42 Å².